The maximum Gasteiger partial charge on any atom is 0.244 e. The summed E-state index contributed by atoms with van der Waals surface area (Å²) in [6.07, 6.45) is 1.74. The fourth-order valence-electron chi connectivity index (χ4n) is 3.13. The van der Waals surface area contributed by atoms with Crippen LogP contribution in [0, 0.1) is 0 Å². The first-order valence-electron chi connectivity index (χ1n) is 10.5. The molecule has 180 valence electrons. The van der Waals surface area contributed by atoms with E-state index in [9.17, 15) is 18.0 Å². The fourth-order valence-corrected chi connectivity index (χ4v) is 4.49. The van der Waals surface area contributed by atoms with Crippen LogP contribution in [0.4, 0.5) is 5.69 Å². The third-order valence-corrected chi connectivity index (χ3v) is 6.89. The Morgan fingerprint density at radius 3 is 2.30 bits per heavy atom. The number of para-hydroxylation sites is 1. The molecule has 0 spiro atoms. The van der Waals surface area contributed by atoms with Gasteiger partial charge >= 0.3 is 0 Å². The van der Waals surface area contributed by atoms with Gasteiger partial charge in [0.1, 0.15) is 12.6 Å². The lowest BCUT2D eigenvalue weighted by atomic mass is 10.1. The summed E-state index contributed by atoms with van der Waals surface area (Å²) in [5.41, 5.74) is 0.900. The minimum absolute atomic E-state index is 0.0706. The van der Waals surface area contributed by atoms with E-state index in [4.69, 9.17) is 23.2 Å². The second-order valence-corrected chi connectivity index (χ2v) is 10.6. The molecule has 0 unspecified atom stereocenters. The van der Waals surface area contributed by atoms with Crippen LogP contribution in [0.2, 0.25) is 10.0 Å². The van der Waals surface area contributed by atoms with Crippen LogP contribution < -0.4 is 9.62 Å². The van der Waals surface area contributed by atoms with Gasteiger partial charge in [0.05, 0.1) is 17.0 Å². The van der Waals surface area contributed by atoms with Gasteiger partial charge in [-0.1, -0.05) is 54.4 Å². The first kappa shape index (κ1) is 27.0. The van der Waals surface area contributed by atoms with Crippen molar-refractivity contribution in [2.45, 2.75) is 45.8 Å². The highest BCUT2D eigenvalue weighted by atomic mass is 35.5. The zero-order valence-electron chi connectivity index (χ0n) is 19.1. The maximum absolute atomic E-state index is 13.4. The summed E-state index contributed by atoms with van der Waals surface area (Å²) in [5.74, 6) is -0.879. The summed E-state index contributed by atoms with van der Waals surface area (Å²) in [7, 11) is -3.84. The number of hydrogen-bond donors (Lipinski definition) is 1. The standard InChI is InChI=1S/C23H29Cl2N3O4S/c1-5-16(2)26-23(30)17(3)27(14-18-9-8-10-19(24)13-18)22(29)15-28(33(4,31)32)21-12-7-6-11-20(21)25/h6-13,16-17H,5,14-15H2,1-4H3,(H,26,30)/t16-,17-/m1/s1. The lowest BCUT2D eigenvalue weighted by molar-refractivity contribution is -0.139. The van der Waals surface area contributed by atoms with Crippen LogP contribution in [0.15, 0.2) is 48.5 Å². The van der Waals surface area contributed by atoms with Gasteiger partial charge in [0.15, 0.2) is 0 Å². The van der Waals surface area contributed by atoms with Crippen LogP contribution in [0.5, 0.6) is 0 Å². The molecule has 2 aromatic carbocycles. The quantitative estimate of drug-likeness (QED) is 0.518. The van der Waals surface area contributed by atoms with Crippen LogP contribution in [0.1, 0.15) is 32.8 Å². The molecule has 0 saturated carbocycles. The average molecular weight is 514 g/mol. The Morgan fingerprint density at radius 1 is 1.06 bits per heavy atom. The van der Waals surface area contributed by atoms with Crippen LogP contribution in [-0.2, 0) is 26.2 Å². The fraction of sp³-hybridized carbons (Fsp3) is 0.391. The molecule has 2 aromatic rings. The molecule has 0 fully saturated rings. The molecule has 2 amide bonds. The highest BCUT2D eigenvalue weighted by molar-refractivity contribution is 7.92. The van der Waals surface area contributed by atoms with E-state index in [1.807, 2.05) is 13.8 Å². The number of amides is 2. The Balaban J connectivity index is 2.40. The SMILES string of the molecule is CC[C@@H](C)NC(=O)[C@@H](C)N(Cc1cccc(Cl)c1)C(=O)CN(c1ccccc1Cl)S(C)(=O)=O. The second-order valence-electron chi connectivity index (χ2n) is 7.87. The molecule has 0 aliphatic heterocycles. The van der Waals surface area contributed by atoms with Crippen LogP contribution >= 0.6 is 23.2 Å². The number of hydrogen-bond acceptors (Lipinski definition) is 4. The molecule has 10 heteroatoms. The normalized spacial score (nSPS) is 13.2. The monoisotopic (exact) mass is 513 g/mol. The number of benzene rings is 2. The van der Waals surface area contributed by atoms with E-state index >= 15 is 0 Å². The Bertz CT molecular complexity index is 1090. The Morgan fingerprint density at radius 2 is 1.73 bits per heavy atom. The van der Waals surface area contributed by atoms with E-state index in [2.05, 4.69) is 5.32 Å². The molecule has 0 heterocycles. The van der Waals surface area contributed by atoms with E-state index in [0.717, 1.165) is 17.0 Å². The number of rotatable bonds is 10. The number of nitrogens with one attached hydrogen (secondary N) is 1. The van der Waals surface area contributed by atoms with Gasteiger partial charge in [-0.15, -0.1) is 0 Å². The molecule has 7 nitrogen and oxygen atoms in total. The van der Waals surface area contributed by atoms with Crippen molar-refractivity contribution in [1.82, 2.24) is 10.2 Å². The molecular formula is C23H29Cl2N3O4S. The summed E-state index contributed by atoms with van der Waals surface area (Å²) >= 11 is 12.3. The molecule has 0 radical (unpaired) electrons. The first-order valence-corrected chi connectivity index (χ1v) is 13.1. The molecule has 2 rings (SSSR count). The highest BCUT2D eigenvalue weighted by Gasteiger charge is 2.31. The number of anilines is 1. The largest absolute Gasteiger partial charge is 0.352 e. The summed E-state index contributed by atoms with van der Waals surface area (Å²) < 4.78 is 26.0. The van der Waals surface area contributed by atoms with Crippen molar-refractivity contribution < 1.29 is 18.0 Å². The smallest absolute Gasteiger partial charge is 0.244 e. The molecule has 0 bridgehead atoms. The Labute approximate surface area is 205 Å². The molecule has 2 atom stereocenters. The van der Waals surface area contributed by atoms with Crippen molar-refractivity contribution in [3.05, 3.63) is 64.1 Å². The van der Waals surface area contributed by atoms with Crippen LogP contribution in [-0.4, -0.2) is 50.0 Å². The van der Waals surface area contributed by atoms with E-state index in [1.165, 1.54) is 11.0 Å². The van der Waals surface area contributed by atoms with E-state index in [-0.39, 0.29) is 29.2 Å². The highest BCUT2D eigenvalue weighted by Crippen LogP contribution is 2.27. The second kappa shape index (κ2) is 11.7. The van der Waals surface area contributed by atoms with Crippen molar-refractivity contribution in [3.8, 4) is 0 Å². The summed E-state index contributed by atoms with van der Waals surface area (Å²) in [6.45, 7) is 4.99. The van der Waals surface area contributed by atoms with Gasteiger partial charge < -0.3 is 10.2 Å². The maximum atomic E-state index is 13.4. The number of sulfonamides is 1. The van der Waals surface area contributed by atoms with Gasteiger partial charge in [-0.05, 0) is 50.1 Å². The van der Waals surface area contributed by atoms with E-state index in [1.54, 1.807) is 49.4 Å². The van der Waals surface area contributed by atoms with Gasteiger partial charge in [-0.2, -0.15) is 0 Å². The third-order valence-electron chi connectivity index (χ3n) is 5.21. The summed E-state index contributed by atoms with van der Waals surface area (Å²) in [5, 5.41) is 3.56. The van der Waals surface area contributed by atoms with Gasteiger partial charge in [0.25, 0.3) is 0 Å². The Hall–Kier alpha value is -2.29. The predicted octanol–water partition coefficient (Wildman–Crippen LogP) is 4.09. The minimum Gasteiger partial charge on any atom is -0.352 e. The van der Waals surface area contributed by atoms with Crippen molar-refractivity contribution in [2.75, 3.05) is 17.1 Å². The minimum atomic E-state index is -3.84. The Kier molecular flexibility index (Phi) is 9.57. The number of carbonyl (C=O) groups excluding carboxylic acids is 2. The van der Waals surface area contributed by atoms with Crippen molar-refractivity contribution in [1.29, 1.82) is 0 Å². The number of halogens is 2. The van der Waals surface area contributed by atoms with Crippen molar-refractivity contribution in [2.24, 2.45) is 0 Å². The number of nitrogens with zero attached hydrogens (tertiary/aromatic N) is 2. The third kappa shape index (κ3) is 7.62. The first-order chi connectivity index (χ1) is 15.4. The molecule has 0 aliphatic rings. The van der Waals surface area contributed by atoms with Gasteiger partial charge in [0, 0.05) is 17.6 Å². The van der Waals surface area contributed by atoms with Crippen molar-refractivity contribution in [3.63, 3.8) is 0 Å². The molecule has 0 aromatic heterocycles. The van der Waals surface area contributed by atoms with E-state index in [0.29, 0.717) is 10.6 Å². The van der Waals surface area contributed by atoms with Gasteiger partial charge in [-0.3, -0.25) is 13.9 Å². The van der Waals surface area contributed by atoms with Crippen LogP contribution in [0.3, 0.4) is 0 Å². The molecule has 33 heavy (non-hydrogen) atoms. The summed E-state index contributed by atoms with van der Waals surface area (Å²) in [6, 6.07) is 12.4. The van der Waals surface area contributed by atoms with E-state index < -0.39 is 28.5 Å². The van der Waals surface area contributed by atoms with Crippen LogP contribution in [0.25, 0.3) is 0 Å². The lowest BCUT2D eigenvalue weighted by Gasteiger charge is -2.32. The number of carbonyl (C=O) groups is 2. The molecule has 1 N–H and O–H groups in total. The molecular weight excluding hydrogens is 485 g/mol. The molecule has 0 aliphatic carbocycles. The zero-order chi connectivity index (χ0) is 24.8. The van der Waals surface area contributed by atoms with Crippen molar-refractivity contribution >= 4 is 50.7 Å². The van der Waals surface area contributed by atoms with Gasteiger partial charge in [-0.25, -0.2) is 8.42 Å². The molecule has 0 saturated heterocycles. The predicted molar refractivity (Wildman–Crippen MR) is 133 cm³/mol. The van der Waals surface area contributed by atoms with Gasteiger partial charge in [0.2, 0.25) is 21.8 Å². The average Bonchev–Trinajstić information content (AvgIpc) is 2.75. The zero-order valence-corrected chi connectivity index (χ0v) is 21.4. The summed E-state index contributed by atoms with van der Waals surface area (Å²) in [4.78, 5) is 27.6. The lowest BCUT2D eigenvalue weighted by Crippen LogP contribution is -2.52. The topological polar surface area (TPSA) is 86.8 Å².